The lowest BCUT2D eigenvalue weighted by Crippen LogP contribution is -2.49. The predicted molar refractivity (Wildman–Crippen MR) is 87.3 cm³/mol. The zero-order chi connectivity index (χ0) is 15.2. The van der Waals surface area contributed by atoms with Crippen LogP contribution in [0.25, 0.3) is 0 Å². The number of anilines is 1. The van der Waals surface area contributed by atoms with Gasteiger partial charge in [0.2, 0.25) is 0 Å². The van der Waals surface area contributed by atoms with Gasteiger partial charge in [-0.25, -0.2) is 4.39 Å². The van der Waals surface area contributed by atoms with Crippen molar-refractivity contribution in [2.75, 3.05) is 37.6 Å². The van der Waals surface area contributed by atoms with Crippen molar-refractivity contribution in [2.24, 2.45) is 0 Å². The molecule has 0 aromatic heterocycles. The maximum atomic E-state index is 13.5. The van der Waals surface area contributed by atoms with Gasteiger partial charge in [0, 0.05) is 44.5 Å². The fraction of sp³-hybridized carbons (Fsp3) is 0.647. The summed E-state index contributed by atoms with van der Waals surface area (Å²) in [5.41, 5.74) is 2.25. The molecule has 1 aromatic rings. The molecule has 0 aliphatic carbocycles. The number of rotatable bonds is 6. The van der Waals surface area contributed by atoms with Gasteiger partial charge in [0.15, 0.2) is 0 Å². The minimum Gasteiger partial charge on any atom is -0.369 e. The van der Waals surface area contributed by atoms with Gasteiger partial charge in [-0.15, -0.1) is 0 Å². The molecule has 21 heavy (non-hydrogen) atoms. The van der Waals surface area contributed by atoms with Crippen LogP contribution >= 0.6 is 0 Å². The van der Waals surface area contributed by atoms with Crippen molar-refractivity contribution in [1.29, 1.82) is 0 Å². The van der Waals surface area contributed by atoms with Crippen LogP contribution in [0.15, 0.2) is 18.2 Å². The van der Waals surface area contributed by atoms with E-state index in [9.17, 15) is 4.39 Å². The molecule has 1 saturated heterocycles. The lowest BCUT2D eigenvalue weighted by atomic mass is 10.1. The van der Waals surface area contributed by atoms with Gasteiger partial charge in [-0.3, -0.25) is 4.90 Å². The molecule has 0 unspecified atom stereocenters. The molecular formula is C17H28FN3. The molecule has 1 aromatic carbocycles. The Labute approximate surface area is 128 Å². The van der Waals surface area contributed by atoms with Crippen LogP contribution in [0.4, 0.5) is 10.1 Å². The van der Waals surface area contributed by atoms with Gasteiger partial charge in [-0.2, -0.15) is 0 Å². The van der Waals surface area contributed by atoms with E-state index in [0.29, 0.717) is 6.04 Å². The van der Waals surface area contributed by atoms with Gasteiger partial charge in [-0.1, -0.05) is 6.92 Å². The van der Waals surface area contributed by atoms with Crippen molar-refractivity contribution >= 4 is 5.69 Å². The maximum Gasteiger partial charge on any atom is 0.123 e. The van der Waals surface area contributed by atoms with Crippen LogP contribution in [-0.4, -0.2) is 43.7 Å². The van der Waals surface area contributed by atoms with Gasteiger partial charge < -0.3 is 10.2 Å². The molecule has 1 fully saturated rings. The fourth-order valence-electron chi connectivity index (χ4n) is 2.88. The second-order valence-electron chi connectivity index (χ2n) is 6.07. The Morgan fingerprint density at radius 3 is 2.52 bits per heavy atom. The minimum atomic E-state index is -0.145. The highest BCUT2D eigenvalue weighted by atomic mass is 19.1. The summed E-state index contributed by atoms with van der Waals surface area (Å²) in [6, 6.07) is 5.79. The summed E-state index contributed by atoms with van der Waals surface area (Å²) in [6.07, 6.45) is 1.09. The van der Waals surface area contributed by atoms with Crippen LogP contribution in [0.1, 0.15) is 32.8 Å². The first-order chi connectivity index (χ1) is 10.1. The van der Waals surface area contributed by atoms with Crippen LogP contribution in [0, 0.1) is 5.82 Å². The summed E-state index contributed by atoms with van der Waals surface area (Å²) in [5, 5.41) is 3.38. The third kappa shape index (κ3) is 4.42. The molecule has 1 N–H and O–H groups in total. The molecule has 1 aliphatic heterocycles. The van der Waals surface area contributed by atoms with E-state index in [4.69, 9.17) is 0 Å². The van der Waals surface area contributed by atoms with Crippen molar-refractivity contribution in [3.63, 3.8) is 0 Å². The lowest BCUT2D eigenvalue weighted by molar-refractivity contribution is 0.209. The quantitative estimate of drug-likeness (QED) is 0.814. The Morgan fingerprint density at radius 1 is 1.19 bits per heavy atom. The largest absolute Gasteiger partial charge is 0.369 e. The van der Waals surface area contributed by atoms with E-state index >= 15 is 0 Å². The van der Waals surface area contributed by atoms with Gasteiger partial charge in [0.25, 0.3) is 0 Å². The Morgan fingerprint density at radius 2 is 1.90 bits per heavy atom. The first-order valence-corrected chi connectivity index (χ1v) is 8.10. The highest BCUT2D eigenvalue weighted by molar-refractivity contribution is 5.54. The summed E-state index contributed by atoms with van der Waals surface area (Å²) in [6.45, 7) is 12.5. The SMILES string of the molecule is CCCNCc1cc(F)ccc1N1CCN(C(C)C)CC1. The summed E-state index contributed by atoms with van der Waals surface area (Å²) in [7, 11) is 0. The minimum absolute atomic E-state index is 0.145. The molecule has 0 amide bonds. The number of nitrogens with one attached hydrogen (secondary N) is 1. The van der Waals surface area contributed by atoms with Gasteiger partial charge >= 0.3 is 0 Å². The van der Waals surface area contributed by atoms with Crippen LogP contribution in [-0.2, 0) is 6.54 Å². The predicted octanol–water partition coefficient (Wildman–Crippen LogP) is 2.86. The average Bonchev–Trinajstić information content (AvgIpc) is 2.48. The topological polar surface area (TPSA) is 18.5 Å². The summed E-state index contributed by atoms with van der Waals surface area (Å²) in [4.78, 5) is 4.89. The molecule has 1 aliphatic rings. The highest BCUT2D eigenvalue weighted by Gasteiger charge is 2.20. The molecule has 0 spiro atoms. The fourth-order valence-corrected chi connectivity index (χ4v) is 2.88. The van der Waals surface area contributed by atoms with Crippen LogP contribution < -0.4 is 10.2 Å². The molecule has 3 nitrogen and oxygen atoms in total. The second-order valence-corrected chi connectivity index (χ2v) is 6.07. The van der Waals surface area contributed by atoms with Crippen molar-refractivity contribution in [3.05, 3.63) is 29.6 Å². The van der Waals surface area contributed by atoms with Crippen molar-refractivity contribution in [3.8, 4) is 0 Å². The third-order valence-electron chi connectivity index (χ3n) is 4.17. The average molecular weight is 293 g/mol. The van der Waals surface area contributed by atoms with Crippen molar-refractivity contribution in [1.82, 2.24) is 10.2 Å². The number of hydrogen-bond donors (Lipinski definition) is 1. The number of halogens is 1. The second kappa shape index (κ2) is 7.76. The molecule has 4 heteroatoms. The van der Waals surface area contributed by atoms with E-state index in [0.717, 1.165) is 51.3 Å². The summed E-state index contributed by atoms with van der Waals surface area (Å²) < 4.78 is 13.5. The van der Waals surface area contributed by atoms with Crippen LogP contribution in [0.5, 0.6) is 0 Å². The molecule has 1 heterocycles. The molecule has 0 atom stereocenters. The van der Waals surface area contributed by atoms with E-state index in [-0.39, 0.29) is 5.82 Å². The molecule has 0 saturated carbocycles. The number of hydrogen-bond acceptors (Lipinski definition) is 3. The van der Waals surface area contributed by atoms with Crippen molar-refractivity contribution < 1.29 is 4.39 Å². The number of benzene rings is 1. The first-order valence-electron chi connectivity index (χ1n) is 8.10. The van der Waals surface area contributed by atoms with Gasteiger partial charge in [0.1, 0.15) is 5.82 Å². The van der Waals surface area contributed by atoms with E-state index in [1.54, 1.807) is 12.1 Å². The highest BCUT2D eigenvalue weighted by Crippen LogP contribution is 2.23. The Kier molecular flexibility index (Phi) is 6.00. The number of piperazine rings is 1. The lowest BCUT2D eigenvalue weighted by Gasteiger charge is -2.39. The number of nitrogens with zero attached hydrogens (tertiary/aromatic N) is 2. The smallest absolute Gasteiger partial charge is 0.123 e. The monoisotopic (exact) mass is 293 g/mol. The van der Waals surface area contributed by atoms with E-state index in [1.807, 2.05) is 6.07 Å². The van der Waals surface area contributed by atoms with E-state index in [2.05, 4.69) is 35.9 Å². The zero-order valence-electron chi connectivity index (χ0n) is 13.5. The van der Waals surface area contributed by atoms with Crippen LogP contribution in [0.3, 0.4) is 0 Å². The van der Waals surface area contributed by atoms with Crippen molar-refractivity contribution in [2.45, 2.75) is 39.8 Å². The molecular weight excluding hydrogens is 265 g/mol. The third-order valence-corrected chi connectivity index (χ3v) is 4.17. The first kappa shape index (κ1) is 16.2. The normalized spacial score (nSPS) is 16.7. The Balaban J connectivity index is 2.05. The molecule has 118 valence electrons. The standard InChI is InChI=1S/C17H28FN3/c1-4-7-19-13-15-12-16(18)5-6-17(15)21-10-8-20(9-11-21)14(2)3/h5-6,12,14,19H,4,7-11,13H2,1-3H3. The Bertz CT molecular complexity index is 440. The van der Waals surface area contributed by atoms with Gasteiger partial charge in [0.05, 0.1) is 0 Å². The summed E-state index contributed by atoms with van der Waals surface area (Å²) >= 11 is 0. The molecule has 0 radical (unpaired) electrons. The molecule has 0 bridgehead atoms. The molecule has 2 rings (SSSR count). The zero-order valence-corrected chi connectivity index (χ0v) is 13.5. The Hall–Kier alpha value is -1.13. The maximum absolute atomic E-state index is 13.5. The van der Waals surface area contributed by atoms with Gasteiger partial charge in [-0.05, 0) is 50.6 Å². The van der Waals surface area contributed by atoms with E-state index in [1.165, 1.54) is 5.69 Å². The van der Waals surface area contributed by atoms with E-state index < -0.39 is 0 Å². The van der Waals surface area contributed by atoms with Crippen LogP contribution in [0.2, 0.25) is 0 Å². The summed E-state index contributed by atoms with van der Waals surface area (Å²) in [5.74, 6) is -0.145.